The molecule has 4 aromatic rings. The van der Waals surface area contributed by atoms with Gasteiger partial charge in [-0.15, -0.1) is 10.2 Å². The Morgan fingerprint density at radius 2 is 1.79 bits per heavy atom. The van der Waals surface area contributed by atoms with Crippen molar-refractivity contribution < 1.29 is 9.53 Å². The van der Waals surface area contributed by atoms with Crippen LogP contribution in [-0.2, 0) is 17.1 Å². The van der Waals surface area contributed by atoms with Gasteiger partial charge in [-0.25, -0.2) is 0 Å². The third-order valence-electron chi connectivity index (χ3n) is 5.03. The van der Waals surface area contributed by atoms with E-state index in [0.29, 0.717) is 38.2 Å². The number of rotatable bonds is 9. The molecule has 0 aliphatic carbocycles. The number of hydrogen-bond acceptors (Lipinski definition) is 5. The molecule has 0 unspecified atom stereocenters. The smallest absolute Gasteiger partial charge is 0.258 e. The second-order valence-corrected chi connectivity index (χ2v) is 9.21. The molecule has 0 radical (unpaired) electrons. The average Bonchev–Trinajstić information content (AvgIpc) is 3.24. The molecule has 1 heterocycles. The maximum atomic E-state index is 12.4. The highest BCUT2D eigenvalue weighted by atomic mass is 35.5. The van der Waals surface area contributed by atoms with Gasteiger partial charge in [0.05, 0.1) is 17.3 Å². The number of thioether (sulfide) groups is 1. The van der Waals surface area contributed by atoms with E-state index in [9.17, 15) is 4.79 Å². The topological polar surface area (TPSA) is 69.0 Å². The number of benzene rings is 3. The fourth-order valence-electron chi connectivity index (χ4n) is 3.22. The Kier molecular flexibility index (Phi) is 8.11. The molecule has 0 atom stereocenters. The van der Waals surface area contributed by atoms with E-state index >= 15 is 0 Å². The normalized spacial score (nSPS) is 10.8. The molecule has 3 aromatic carbocycles. The van der Waals surface area contributed by atoms with Crippen LogP contribution in [0.5, 0.6) is 5.75 Å². The van der Waals surface area contributed by atoms with Gasteiger partial charge in [-0.2, -0.15) is 0 Å². The number of amides is 1. The molecule has 4 rings (SSSR count). The first-order chi connectivity index (χ1) is 16.5. The van der Waals surface area contributed by atoms with E-state index in [1.165, 1.54) is 11.1 Å². The SMILES string of the molecule is Cc1ccccc1CSc1nnc(CNC(=O)COc2ccccc2)n1-c1ccc(Cl)cc1Cl. The van der Waals surface area contributed by atoms with Crippen molar-refractivity contribution in [3.63, 3.8) is 0 Å². The molecule has 174 valence electrons. The lowest BCUT2D eigenvalue weighted by Gasteiger charge is -2.13. The molecule has 0 bridgehead atoms. The van der Waals surface area contributed by atoms with E-state index in [-0.39, 0.29) is 19.1 Å². The number of ether oxygens (including phenoxy) is 1. The lowest BCUT2D eigenvalue weighted by Crippen LogP contribution is -2.29. The molecular formula is C25H22Cl2N4O2S. The lowest BCUT2D eigenvalue weighted by molar-refractivity contribution is -0.123. The average molecular weight is 513 g/mol. The minimum Gasteiger partial charge on any atom is -0.484 e. The summed E-state index contributed by atoms with van der Waals surface area (Å²) in [6, 6.07) is 22.6. The number of hydrogen-bond donors (Lipinski definition) is 1. The summed E-state index contributed by atoms with van der Waals surface area (Å²) >= 11 is 14.2. The molecule has 1 N–H and O–H groups in total. The van der Waals surface area contributed by atoms with Crippen molar-refractivity contribution in [1.29, 1.82) is 0 Å². The summed E-state index contributed by atoms with van der Waals surface area (Å²) in [5.41, 5.74) is 3.10. The quantitative estimate of drug-likeness (QED) is 0.284. The van der Waals surface area contributed by atoms with Gasteiger partial charge in [-0.05, 0) is 48.4 Å². The van der Waals surface area contributed by atoms with E-state index in [1.54, 1.807) is 36.0 Å². The Balaban J connectivity index is 1.52. The number of nitrogens with zero attached hydrogens (tertiary/aromatic N) is 3. The predicted molar refractivity (Wildman–Crippen MR) is 136 cm³/mol. The van der Waals surface area contributed by atoms with Crippen LogP contribution >= 0.6 is 35.0 Å². The lowest BCUT2D eigenvalue weighted by atomic mass is 10.1. The minimum absolute atomic E-state index is 0.102. The van der Waals surface area contributed by atoms with E-state index < -0.39 is 0 Å². The van der Waals surface area contributed by atoms with Crippen molar-refractivity contribution in [3.05, 3.63) is 99.8 Å². The maximum Gasteiger partial charge on any atom is 0.258 e. The summed E-state index contributed by atoms with van der Waals surface area (Å²) in [5, 5.41) is 13.2. The molecule has 0 aliphatic heterocycles. The molecule has 6 nitrogen and oxygen atoms in total. The molecule has 0 spiro atoms. The monoisotopic (exact) mass is 512 g/mol. The highest BCUT2D eigenvalue weighted by Gasteiger charge is 2.18. The number of carbonyl (C=O) groups excluding carboxylic acids is 1. The number of halogens is 2. The standard InChI is InChI=1S/C25H22Cl2N4O2S/c1-17-7-5-6-8-18(17)16-34-25-30-29-23(31(25)22-12-11-19(26)13-21(22)27)14-28-24(32)15-33-20-9-3-2-4-10-20/h2-13H,14-16H2,1H3,(H,28,32). The first-order valence-electron chi connectivity index (χ1n) is 10.5. The van der Waals surface area contributed by atoms with E-state index in [1.807, 2.05) is 41.0 Å². The van der Waals surface area contributed by atoms with Gasteiger partial charge >= 0.3 is 0 Å². The van der Waals surface area contributed by atoms with Gasteiger partial charge in [0, 0.05) is 10.8 Å². The largest absolute Gasteiger partial charge is 0.484 e. The molecule has 0 aliphatic rings. The molecule has 1 amide bonds. The van der Waals surface area contributed by atoms with Gasteiger partial charge in [0.2, 0.25) is 0 Å². The van der Waals surface area contributed by atoms with Gasteiger partial charge < -0.3 is 10.1 Å². The second kappa shape index (κ2) is 11.4. The summed E-state index contributed by atoms with van der Waals surface area (Å²) in [6.07, 6.45) is 0. The zero-order valence-electron chi connectivity index (χ0n) is 18.4. The Labute approximate surface area is 212 Å². The molecule has 0 fully saturated rings. The van der Waals surface area contributed by atoms with Crippen LogP contribution in [0.25, 0.3) is 5.69 Å². The fourth-order valence-corrected chi connectivity index (χ4v) is 4.75. The highest BCUT2D eigenvalue weighted by molar-refractivity contribution is 7.98. The van der Waals surface area contributed by atoms with E-state index in [0.717, 1.165) is 0 Å². The molecule has 34 heavy (non-hydrogen) atoms. The van der Waals surface area contributed by atoms with Crippen molar-refractivity contribution in [2.45, 2.75) is 24.4 Å². The van der Waals surface area contributed by atoms with Crippen molar-refractivity contribution in [1.82, 2.24) is 20.1 Å². The predicted octanol–water partition coefficient (Wildman–Crippen LogP) is 5.87. The van der Waals surface area contributed by atoms with E-state index in [2.05, 4.69) is 34.6 Å². The Hall–Kier alpha value is -3.00. The Morgan fingerprint density at radius 3 is 2.56 bits per heavy atom. The van der Waals surface area contributed by atoms with Crippen LogP contribution in [-0.4, -0.2) is 27.3 Å². The van der Waals surface area contributed by atoms with Crippen LogP contribution in [0.4, 0.5) is 0 Å². The zero-order chi connectivity index (χ0) is 23.9. The third-order valence-corrected chi connectivity index (χ3v) is 6.54. The molecule has 0 saturated carbocycles. The number of para-hydroxylation sites is 1. The van der Waals surface area contributed by atoms with Crippen LogP contribution in [0, 0.1) is 6.92 Å². The first kappa shape index (κ1) is 24.1. The summed E-state index contributed by atoms with van der Waals surface area (Å²) in [6.45, 7) is 2.14. The molecule has 1 aromatic heterocycles. The number of aromatic nitrogens is 3. The van der Waals surface area contributed by atoms with Gasteiger partial charge in [-0.3, -0.25) is 9.36 Å². The van der Waals surface area contributed by atoms with Crippen LogP contribution in [0.15, 0.2) is 78.0 Å². The van der Waals surface area contributed by atoms with Crippen LogP contribution in [0.2, 0.25) is 10.0 Å². The number of carbonyl (C=O) groups is 1. The van der Waals surface area contributed by atoms with Crippen LogP contribution in [0.1, 0.15) is 17.0 Å². The molecular weight excluding hydrogens is 491 g/mol. The van der Waals surface area contributed by atoms with Crippen molar-refractivity contribution in [2.75, 3.05) is 6.61 Å². The molecule has 0 saturated heterocycles. The van der Waals surface area contributed by atoms with Gasteiger partial charge in [0.25, 0.3) is 5.91 Å². The summed E-state index contributed by atoms with van der Waals surface area (Å²) in [5.74, 6) is 1.62. The highest BCUT2D eigenvalue weighted by Crippen LogP contribution is 2.31. The Morgan fingerprint density at radius 1 is 1.03 bits per heavy atom. The van der Waals surface area contributed by atoms with Crippen LogP contribution < -0.4 is 10.1 Å². The number of nitrogens with one attached hydrogen (secondary N) is 1. The summed E-state index contributed by atoms with van der Waals surface area (Å²) in [7, 11) is 0. The maximum absolute atomic E-state index is 12.4. The van der Waals surface area contributed by atoms with Crippen molar-refractivity contribution in [3.8, 4) is 11.4 Å². The van der Waals surface area contributed by atoms with Gasteiger partial charge in [-0.1, -0.05) is 77.4 Å². The second-order valence-electron chi connectivity index (χ2n) is 7.42. The minimum atomic E-state index is -0.269. The summed E-state index contributed by atoms with van der Waals surface area (Å²) in [4.78, 5) is 12.4. The fraction of sp³-hybridized carbons (Fsp3) is 0.160. The Bertz CT molecular complexity index is 1280. The van der Waals surface area contributed by atoms with Gasteiger partial charge in [0.15, 0.2) is 17.6 Å². The van der Waals surface area contributed by atoms with Crippen LogP contribution in [0.3, 0.4) is 0 Å². The zero-order valence-corrected chi connectivity index (χ0v) is 20.7. The van der Waals surface area contributed by atoms with Gasteiger partial charge in [0.1, 0.15) is 5.75 Å². The van der Waals surface area contributed by atoms with Crippen molar-refractivity contribution >= 4 is 40.9 Å². The first-order valence-corrected chi connectivity index (χ1v) is 12.3. The van der Waals surface area contributed by atoms with E-state index in [4.69, 9.17) is 27.9 Å². The van der Waals surface area contributed by atoms with Crippen molar-refractivity contribution in [2.24, 2.45) is 0 Å². The molecule has 9 heteroatoms. The number of aryl methyl sites for hydroxylation is 1. The third kappa shape index (κ3) is 6.11. The summed E-state index contributed by atoms with van der Waals surface area (Å²) < 4.78 is 7.36.